The molecule has 9 heteroatoms. The van der Waals surface area contributed by atoms with E-state index >= 15 is 0 Å². The van der Waals surface area contributed by atoms with Gasteiger partial charge in [0.05, 0.1) is 29.3 Å². The largest absolute Gasteiger partial charge is 0.494 e. The van der Waals surface area contributed by atoms with Gasteiger partial charge < -0.3 is 14.6 Å². The molecule has 0 fully saturated rings. The number of carboxylic acid groups (broad SMARTS) is 1. The summed E-state index contributed by atoms with van der Waals surface area (Å²) in [5.74, 6) is 0.901. The number of rotatable bonds is 13. The van der Waals surface area contributed by atoms with Crippen LogP contribution in [0.2, 0.25) is 5.02 Å². The molecule has 5 aromatic rings. The Morgan fingerprint density at radius 1 is 1.07 bits per heavy atom. The van der Waals surface area contributed by atoms with E-state index in [0.717, 1.165) is 40.2 Å². The molecule has 0 bridgehead atoms. The van der Waals surface area contributed by atoms with Gasteiger partial charge in [0.1, 0.15) is 12.4 Å². The molecule has 3 aromatic carbocycles. The summed E-state index contributed by atoms with van der Waals surface area (Å²) in [5.41, 5.74) is 3.65. The van der Waals surface area contributed by atoms with Crippen molar-refractivity contribution in [2.75, 3.05) is 12.9 Å². The third kappa shape index (κ3) is 7.48. The number of hydrogen-bond acceptors (Lipinski definition) is 5. The molecule has 230 valence electrons. The van der Waals surface area contributed by atoms with Gasteiger partial charge in [-0.3, -0.25) is 8.77 Å². The number of aliphatic carboxylic acids is 1. The highest BCUT2D eigenvalue weighted by Crippen LogP contribution is 2.34. The first-order valence-electron chi connectivity index (χ1n) is 14.5. The number of nitrogens with zero attached hydrogens (tertiary/aromatic N) is 2. The fourth-order valence-electron chi connectivity index (χ4n) is 5.03. The van der Waals surface area contributed by atoms with Gasteiger partial charge in [-0.1, -0.05) is 36.7 Å². The Bertz CT molecular complexity index is 1790. The molecule has 2 aromatic heterocycles. The summed E-state index contributed by atoms with van der Waals surface area (Å²) in [7, 11) is 1.43. The van der Waals surface area contributed by atoms with Crippen LogP contribution >= 0.6 is 23.5 Å². The van der Waals surface area contributed by atoms with Crippen LogP contribution in [0.15, 0.2) is 72.8 Å². The van der Waals surface area contributed by atoms with E-state index in [0.29, 0.717) is 34.7 Å². The van der Waals surface area contributed by atoms with E-state index in [9.17, 15) is 14.3 Å². The number of carboxylic acids is 1. The fourth-order valence-corrected chi connectivity index (χ4v) is 6.31. The van der Waals surface area contributed by atoms with Gasteiger partial charge in [-0.2, -0.15) is 0 Å². The molecule has 0 aliphatic heterocycles. The fraction of sp³-hybridized carbons (Fsp3) is 0.314. The zero-order chi connectivity index (χ0) is 31.4. The van der Waals surface area contributed by atoms with Gasteiger partial charge in [0.15, 0.2) is 11.6 Å². The summed E-state index contributed by atoms with van der Waals surface area (Å²) in [6, 6.07) is 22.6. The summed E-state index contributed by atoms with van der Waals surface area (Å²) in [6.45, 7) is 5.99. The molecular formula is C35H36ClFN2O4S. The summed E-state index contributed by atoms with van der Waals surface area (Å²) >= 11 is 7.75. The van der Waals surface area contributed by atoms with E-state index in [1.807, 2.05) is 42.5 Å². The lowest BCUT2D eigenvalue weighted by atomic mass is 9.88. The Hall–Kier alpha value is -3.75. The van der Waals surface area contributed by atoms with Crippen LogP contribution in [0.4, 0.5) is 4.39 Å². The number of ether oxygens (including phenoxy) is 2. The Labute approximate surface area is 266 Å². The Morgan fingerprint density at radius 3 is 2.57 bits per heavy atom. The molecule has 0 radical (unpaired) electrons. The van der Waals surface area contributed by atoms with Gasteiger partial charge in [0, 0.05) is 39.7 Å². The van der Waals surface area contributed by atoms with Gasteiger partial charge in [-0.05, 0) is 98.6 Å². The second-order valence-electron chi connectivity index (χ2n) is 11.9. The van der Waals surface area contributed by atoms with Crippen molar-refractivity contribution < 1.29 is 23.8 Å². The maximum absolute atomic E-state index is 14.1. The molecule has 1 unspecified atom stereocenters. The molecule has 0 spiro atoms. The molecule has 1 atom stereocenters. The minimum absolute atomic E-state index is 0.147. The third-order valence-corrected chi connectivity index (χ3v) is 9.40. The second-order valence-corrected chi connectivity index (χ2v) is 13.2. The molecule has 5 rings (SSSR count). The van der Waals surface area contributed by atoms with Crippen LogP contribution in [0.25, 0.3) is 21.8 Å². The molecule has 0 amide bonds. The Morgan fingerprint density at radius 2 is 1.84 bits per heavy atom. The quantitative estimate of drug-likeness (QED) is 0.139. The average molecular weight is 635 g/mol. The number of methoxy groups -OCH3 is 1. The molecule has 1 N–H and O–H groups in total. The maximum atomic E-state index is 14.1. The molecule has 0 aliphatic rings. The zero-order valence-corrected chi connectivity index (χ0v) is 26.8. The standard InChI is InChI=1S/C35H36ClFN2O4S/c1-22(5-6-23-7-10-26(36)11-8-23)21-44-39-28(19-35(2,3)34(40)41)15-25-16-29(13-14-32(25)39)43-20-27-12-9-24-17-30(37)33(42-4)18-31(24)38-27/h7-18,22H,5-6,19-21H2,1-4H3,(H,40,41). The highest BCUT2D eigenvalue weighted by atomic mass is 35.5. The Balaban J connectivity index is 1.32. The average Bonchev–Trinajstić information content (AvgIpc) is 3.33. The second kappa shape index (κ2) is 13.5. The van der Waals surface area contributed by atoms with Crippen molar-refractivity contribution in [1.82, 2.24) is 8.96 Å². The summed E-state index contributed by atoms with van der Waals surface area (Å²) in [4.78, 5) is 16.6. The number of pyridine rings is 1. The van der Waals surface area contributed by atoms with Crippen molar-refractivity contribution in [3.63, 3.8) is 0 Å². The number of aromatic nitrogens is 2. The minimum atomic E-state index is -0.917. The first-order valence-corrected chi connectivity index (χ1v) is 15.9. The van der Waals surface area contributed by atoms with Crippen molar-refractivity contribution in [1.29, 1.82) is 0 Å². The van der Waals surface area contributed by atoms with Crippen LogP contribution < -0.4 is 9.47 Å². The number of halogens is 2. The zero-order valence-electron chi connectivity index (χ0n) is 25.3. The van der Waals surface area contributed by atoms with Crippen molar-refractivity contribution in [2.45, 2.75) is 46.6 Å². The monoisotopic (exact) mass is 634 g/mol. The number of hydrogen-bond donors (Lipinski definition) is 1. The van der Waals surface area contributed by atoms with Crippen LogP contribution in [0.3, 0.4) is 0 Å². The van der Waals surface area contributed by atoms with Gasteiger partial charge in [0.25, 0.3) is 0 Å². The Kier molecular flexibility index (Phi) is 9.71. The number of fused-ring (bicyclic) bond motifs is 2. The van der Waals surface area contributed by atoms with E-state index in [2.05, 4.69) is 34.1 Å². The molecule has 0 aliphatic carbocycles. The molecule has 0 saturated carbocycles. The van der Waals surface area contributed by atoms with E-state index < -0.39 is 17.2 Å². The normalized spacial score (nSPS) is 12.5. The van der Waals surface area contributed by atoms with E-state index in [1.165, 1.54) is 18.7 Å². The van der Waals surface area contributed by atoms with Gasteiger partial charge >= 0.3 is 5.97 Å². The molecule has 0 saturated heterocycles. The molecule has 2 heterocycles. The van der Waals surface area contributed by atoms with Gasteiger partial charge in [0.2, 0.25) is 0 Å². The lowest BCUT2D eigenvalue weighted by Gasteiger charge is -2.21. The maximum Gasteiger partial charge on any atom is 0.309 e. The van der Waals surface area contributed by atoms with Crippen LogP contribution in [-0.2, 0) is 24.2 Å². The highest BCUT2D eigenvalue weighted by molar-refractivity contribution is 7.98. The molecule has 6 nitrogen and oxygen atoms in total. The van der Waals surface area contributed by atoms with Gasteiger partial charge in [-0.15, -0.1) is 0 Å². The highest BCUT2D eigenvalue weighted by Gasteiger charge is 2.29. The van der Waals surface area contributed by atoms with Crippen LogP contribution in [0.5, 0.6) is 11.5 Å². The van der Waals surface area contributed by atoms with Crippen LogP contribution in [0, 0.1) is 17.2 Å². The lowest BCUT2D eigenvalue weighted by molar-refractivity contribution is -0.146. The van der Waals surface area contributed by atoms with Gasteiger partial charge in [-0.25, -0.2) is 9.37 Å². The molecule has 44 heavy (non-hydrogen) atoms. The van der Waals surface area contributed by atoms with Crippen LogP contribution in [-0.4, -0.2) is 32.9 Å². The molecular weight excluding hydrogens is 599 g/mol. The number of aryl methyl sites for hydroxylation is 1. The van der Waals surface area contributed by atoms with E-state index in [4.69, 9.17) is 21.1 Å². The summed E-state index contributed by atoms with van der Waals surface area (Å²) in [5, 5.41) is 12.2. The predicted octanol–water partition coefficient (Wildman–Crippen LogP) is 8.99. The van der Waals surface area contributed by atoms with Crippen molar-refractivity contribution >= 4 is 51.3 Å². The van der Waals surface area contributed by atoms with Crippen molar-refractivity contribution in [2.24, 2.45) is 11.3 Å². The first-order chi connectivity index (χ1) is 21.0. The first kappa shape index (κ1) is 31.7. The third-order valence-electron chi connectivity index (χ3n) is 7.74. The predicted molar refractivity (Wildman–Crippen MR) is 176 cm³/mol. The van der Waals surface area contributed by atoms with Crippen molar-refractivity contribution in [3.8, 4) is 11.5 Å². The van der Waals surface area contributed by atoms with Crippen molar-refractivity contribution in [3.05, 3.63) is 101 Å². The number of carbonyl (C=O) groups is 1. The van der Waals surface area contributed by atoms with E-state index in [1.54, 1.807) is 31.9 Å². The topological polar surface area (TPSA) is 73.6 Å². The van der Waals surface area contributed by atoms with E-state index in [-0.39, 0.29) is 12.4 Å². The minimum Gasteiger partial charge on any atom is -0.494 e. The lowest BCUT2D eigenvalue weighted by Crippen LogP contribution is -2.27. The number of benzene rings is 3. The van der Waals surface area contributed by atoms with Crippen LogP contribution in [0.1, 0.15) is 44.1 Å². The summed E-state index contributed by atoms with van der Waals surface area (Å²) in [6.07, 6.45) is 2.40. The SMILES string of the molecule is COc1cc2nc(COc3ccc4c(c3)cc(CC(C)(C)C(=O)O)n4SCC(C)CCc3ccc(Cl)cc3)ccc2cc1F. The smallest absolute Gasteiger partial charge is 0.309 e. The summed E-state index contributed by atoms with van der Waals surface area (Å²) < 4.78 is 27.4.